The maximum absolute atomic E-state index is 6.05. The summed E-state index contributed by atoms with van der Waals surface area (Å²) in [4.78, 5) is 6.52. The highest BCUT2D eigenvalue weighted by molar-refractivity contribution is 14.0. The number of hydrogen-bond acceptors (Lipinski definition) is 4. The fourth-order valence-corrected chi connectivity index (χ4v) is 3.61. The largest absolute Gasteiger partial charge is 0.488 e. The molecule has 2 aliphatic heterocycles. The van der Waals surface area contributed by atoms with E-state index in [4.69, 9.17) is 14.2 Å². The molecule has 0 amide bonds. The molecular weight excluding hydrogens is 457 g/mol. The molecule has 152 valence electrons. The minimum atomic E-state index is -0.158. The van der Waals surface area contributed by atoms with E-state index in [-0.39, 0.29) is 29.6 Å². The van der Waals surface area contributed by atoms with Crippen molar-refractivity contribution < 1.29 is 14.2 Å². The number of ether oxygens (including phenoxy) is 3. The van der Waals surface area contributed by atoms with E-state index in [9.17, 15) is 0 Å². The molecule has 1 N–H and O–H groups in total. The third-order valence-electron chi connectivity index (χ3n) is 4.83. The van der Waals surface area contributed by atoms with Crippen LogP contribution in [0.25, 0.3) is 0 Å². The van der Waals surface area contributed by atoms with Crippen molar-refractivity contribution in [3.63, 3.8) is 0 Å². The van der Waals surface area contributed by atoms with Gasteiger partial charge in [0.05, 0.1) is 13.2 Å². The number of nitrogens with one attached hydrogen (secondary N) is 1. The van der Waals surface area contributed by atoms with Crippen LogP contribution in [0.4, 0.5) is 0 Å². The first-order chi connectivity index (χ1) is 12.5. The number of benzene rings is 1. The Morgan fingerprint density at radius 1 is 1.41 bits per heavy atom. The summed E-state index contributed by atoms with van der Waals surface area (Å²) in [5.74, 6) is 3.18. The molecule has 0 saturated carbocycles. The SMILES string of the molecule is CN=C(NCCOc1cccc2c1OC(C)(C)C2)N(C)CC1CCOC1.I. The molecule has 2 heterocycles. The molecule has 1 aromatic rings. The lowest BCUT2D eigenvalue weighted by molar-refractivity contribution is 0.132. The number of nitrogens with zero attached hydrogens (tertiary/aromatic N) is 2. The minimum absolute atomic E-state index is 0. The molecule has 0 radical (unpaired) electrons. The maximum Gasteiger partial charge on any atom is 0.193 e. The van der Waals surface area contributed by atoms with Crippen molar-refractivity contribution in [1.82, 2.24) is 10.2 Å². The molecule has 3 rings (SSSR count). The topological polar surface area (TPSA) is 55.3 Å². The molecule has 0 bridgehead atoms. The zero-order valence-corrected chi connectivity index (χ0v) is 19.1. The Bertz CT molecular complexity index is 645. The van der Waals surface area contributed by atoms with Crippen LogP contribution in [0.5, 0.6) is 11.5 Å². The summed E-state index contributed by atoms with van der Waals surface area (Å²) >= 11 is 0. The van der Waals surface area contributed by atoms with E-state index < -0.39 is 0 Å². The number of guanidine groups is 1. The fraction of sp³-hybridized carbons (Fsp3) is 0.650. The molecule has 0 spiro atoms. The molecule has 2 aliphatic rings. The van der Waals surface area contributed by atoms with E-state index >= 15 is 0 Å². The van der Waals surface area contributed by atoms with Crippen LogP contribution in [-0.2, 0) is 11.2 Å². The molecular formula is C20H32IN3O3. The second kappa shape index (κ2) is 9.82. The van der Waals surface area contributed by atoms with E-state index in [1.165, 1.54) is 5.56 Å². The van der Waals surface area contributed by atoms with Crippen molar-refractivity contribution in [1.29, 1.82) is 0 Å². The Kier molecular flexibility index (Phi) is 8.03. The highest BCUT2D eigenvalue weighted by atomic mass is 127. The first-order valence-electron chi connectivity index (χ1n) is 9.42. The second-order valence-electron chi connectivity index (χ2n) is 7.72. The molecule has 1 fully saturated rings. The van der Waals surface area contributed by atoms with Crippen molar-refractivity contribution in [2.45, 2.75) is 32.3 Å². The van der Waals surface area contributed by atoms with Gasteiger partial charge < -0.3 is 24.4 Å². The Hall–Kier alpha value is -1.22. The second-order valence-corrected chi connectivity index (χ2v) is 7.72. The van der Waals surface area contributed by atoms with Crippen LogP contribution < -0.4 is 14.8 Å². The molecule has 7 heteroatoms. The van der Waals surface area contributed by atoms with Gasteiger partial charge in [-0.05, 0) is 26.3 Å². The summed E-state index contributed by atoms with van der Waals surface area (Å²) in [5, 5.41) is 3.37. The van der Waals surface area contributed by atoms with E-state index in [1.54, 1.807) is 0 Å². The summed E-state index contributed by atoms with van der Waals surface area (Å²) in [6.07, 6.45) is 2.04. The summed E-state index contributed by atoms with van der Waals surface area (Å²) in [6.45, 7) is 8.13. The molecule has 1 unspecified atom stereocenters. The van der Waals surface area contributed by atoms with E-state index in [2.05, 4.69) is 42.2 Å². The number of rotatable bonds is 6. The van der Waals surface area contributed by atoms with E-state index in [0.717, 1.165) is 50.1 Å². The first kappa shape index (κ1) is 22.1. The number of halogens is 1. The first-order valence-corrected chi connectivity index (χ1v) is 9.42. The van der Waals surface area contributed by atoms with Crippen LogP contribution in [0.15, 0.2) is 23.2 Å². The monoisotopic (exact) mass is 489 g/mol. The van der Waals surface area contributed by atoms with Crippen LogP contribution in [0.1, 0.15) is 25.8 Å². The molecule has 6 nitrogen and oxygen atoms in total. The minimum Gasteiger partial charge on any atom is -0.488 e. The van der Waals surface area contributed by atoms with Gasteiger partial charge in [-0.15, -0.1) is 24.0 Å². The number of fused-ring (bicyclic) bond motifs is 1. The molecule has 27 heavy (non-hydrogen) atoms. The Morgan fingerprint density at radius 2 is 2.22 bits per heavy atom. The maximum atomic E-state index is 6.05. The van der Waals surface area contributed by atoms with Crippen LogP contribution >= 0.6 is 24.0 Å². The van der Waals surface area contributed by atoms with Gasteiger partial charge in [-0.25, -0.2) is 0 Å². The third kappa shape index (κ3) is 5.88. The molecule has 1 saturated heterocycles. The predicted molar refractivity (Wildman–Crippen MR) is 119 cm³/mol. The van der Waals surface area contributed by atoms with Crippen molar-refractivity contribution in [2.75, 3.05) is 47.0 Å². The number of hydrogen-bond donors (Lipinski definition) is 1. The van der Waals surface area contributed by atoms with Gasteiger partial charge in [0.25, 0.3) is 0 Å². The quantitative estimate of drug-likeness (QED) is 0.288. The van der Waals surface area contributed by atoms with Gasteiger partial charge in [0, 0.05) is 45.1 Å². The zero-order chi connectivity index (χ0) is 18.6. The molecule has 0 aromatic heterocycles. The van der Waals surface area contributed by atoms with Crippen LogP contribution in [0.3, 0.4) is 0 Å². The van der Waals surface area contributed by atoms with Crippen LogP contribution in [0.2, 0.25) is 0 Å². The smallest absolute Gasteiger partial charge is 0.193 e. The Labute approximate surface area is 179 Å². The van der Waals surface area contributed by atoms with Crippen molar-refractivity contribution in [3.8, 4) is 11.5 Å². The van der Waals surface area contributed by atoms with Crippen molar-refractivity contribution >= 4 is 29.9 Å². The molecule has 1 aromatic carbocycles. The normalized spacial score (nSPS) is 20.4. The van der Waals surface area contributed by atoms with E-state index in [1.807, 2.05) is 19.2 Å². The standard InChI is InChI=1S/C20H31N3O3.HI/c1-20(2)12-16-6-5-7-17(18(16)26-20)25-11-9-22-19(21-3)23(4)13-15-8-10-24-14-15;/h5-7,15H,8-14H2,1-4H3,(H,21,22);1H. The lowest BCUT2D eigenvalue weighted by Gasteiger charge is -2.24. The van der Waals surface area contributed by atoms with Gasteiger partial charge in [0.2, 0.25) is 0 Å². The van der Waals surface area contributed by atoms with Gasteiger partial charge in [-0.3, -0.25) is 4.99 Å². The average molecular weight is 489 g/mol. The summed E-state index contributed by atoms with van der Waals surface area (Å²) < 4.78 is 17.5. The lowest BCUT2D eigenvalue weighted by atomic mass is 10.0. The summed E-state index contributed by atoms with van der Waals surface area (Å²) in [7, 11) is 3.87. The van der Waals surface area contributed by atoms with Gasteiger partial charge in [-0.1, -0.05) is 12.1 Å². The zero-order valence-electron chi connectivity index (χ0n) is 16.8. The van der Waals surface area contributed by atoms with Crippen molar-refractivity contribution in [3.05, 3.63) is 23.8 Å². The number of para-hydroxylation sites is 1. The molecule has 0 aliphatic carbocycles. The van der Waals surface area contributed by atoms with E-state index in [0.29, 0.717) is 19.1 Å². The lowest BCUT2D eigenvalue weighted by Crippen LogP contribution is -2.42. The third-order valence-corrected chi connectivity index (χ3v) is 4.83. The number of aliphatic imine (C=N–C) groups is 1. The van der Waals surface area contributed by atoms with Crippen LogP contribution in [-0.4, -0.2) is 63.5 Å². The van der Waals surface area contributed by atoms with Gasteiger partial charge in [0.1, 0.15) is 12.2 Å². The molecule has 1 atom stereocenters. The Balaban J connectivity index is 0.00000261. The fourth-order valence-electron chi connectivity index (χ4n) is 3.61. The highest BCUT2D eigenvalue weighted by Crippen LogP contribution is 2.41. The highest BCUT2D eigenvalue weighted by Gasteiger charge is 2.32. The van der Waals surface area contributed by atoms with Gasteiger partial charge >= 0.3 is 0 Å². The van der Waals surface area contributed by atoms with Gasteiger partial charge in [0.15, 0.2) is 17.5 Å². The summed E-state index contributed by atoms with van der Waals surface area (Å²) in [5.41, 5.74) is 1.06. The summed E-state index contributed by atoms with van der Waals surface area (Å²) in [6, 6.07) is 6.11. The van der Waals surface area contributed by atoms with Gasteiger partial charge in [-0.2, -0.15) is 0 Å². The van der Waals surface area contributed by atoms with Crippen LogP contribution in [0, 0.1) is 5.92 Å². The van der Waals surface area contributed by atoms with Crippen molar-refractivity contribution in [2.24, 2.45) is 10.9 Å². The predicted octanol–water partition coefficient (Wildman–Crippen LogP) is 2.94. The average Bonchev–Trinajstić information content (AvgIpc) is 3.20. The Morgan fingerprint density at radius 3 is 2.93 bits per heavy atom.